The third-order valence-corrected chi connectivity index (χ3v) is 8.69. The molecule has 13 heteroatoms. The molecule has 39 heavy (non-hydrogen) atoms. The number of fused-ring (bicyclic) bond motifs is 2. The molecule has 1 saturated heterocycles. The zero-order valence-electron chi connectivity index (χ0n) is 22.0. The van der Waals surface area contributed by atoms with E-state index in [9.17, 15) is 27.9 Å². The predicted octanol–water partition coefficient (Wildman–Crippen LogP) is 3.87. The molecular weight excluding hydrogens is 533 g/mol. The van der Waals surface area contributed by atoms with E-state index in [1.54, 1.807) is 28.2 Å². The normalized spacial score (nSPS) is 24.9. The third-order valence-electron chi connectivity index (χ3n) is 8.22. The molecular formula is C26H31F3N6O3S. The standard InChI is InChI=1S/C26H31F3N6O3S/c1-24(2,3)35(23(37)38)19-9-18-13-34(22(39)33-7-5-30-15-33)14-25(18,10-19)21(36)32-6-4-20-16(12-32)8-17(11-31-20)26(27,28)29/h5,7-8,11,15,18-19H,4,6,9-10,12-14H2,1-3H3,(H,37,38)/t18-,19+,25-/m0/s1. The topological polar surface area (TPSA) is 94.8 Å². The highest BCUT2D eigenvalue weighted by Gasteiger charge is 2.61. The minimum absolute atomic E-state index is 0.0259. The number of carboxylic acid groups (broad SMARTS) is 1. The van der Waals surface area contributed by atoms with Crippen LogP contribution in [-0.4, -0.2) is 82.7 Å². The molecule has 5 rings (SSSR count). The van der Waals surface area contributed by atoms with Gasteiger partial charge in [0.2, 0.25) is 5.91 Å². The van der Waals surface area contributed by atoms with Crippen LogP contribution < -0.4 is 0 Å². The summed E-state index contributed by atoms with van der Waals surface area (Å²) < 4.78 is 41.8. The van der Waals surface area contributed by atoms with Crippen LogP contribution in [0.15, 0.2) is 31.0 Å². The summed E-state index contributed by atoms with van der Waals surface area (Å²) in [5.74, 6) is -0.352. The number of rotatable bonds is 2. The molecule has 1 aliphatic carbocycles. The summed E-state index contributed by atoms with van der Waals surface area (Å²) in [5.41, 5.74) is -1.50. The van der Waals surface area contributed by atoms with Crippen molar-refractivity contribution in [2.24, 2.45) is 11.3 Å². The van der Waals surface area contributed by atoms with Gasteiger partial charge in [0.05, 0.1) is 11.0 Å². The number of thiocarbonyl (C=S) groups is 1. The molecule has 0 spiro atoms. The van der Waals surface area contributed by atoms with Crippen LogP contribution in [0.1, 0.15) is 50.4 Å². The van der Waals surface area contributed by atoms with Crippen molar-refractivity contribution < 1.29 is 27.9 Å². The molecule has 210 valence electrons. The van der Waals surface area contributed by atoms with E-state index in [1.807, 2.05) is 25.7 Å². The van der Waals surface area contributed by atoms with Crippen LogP contribution in [0.25, 0.3) is 0 Å². The number of pyridine rings is 1. The quantitative estimate of drug-likeness (QED) is 0.554. The van der Waals surface area contributed by atoms with E-state index in [4.69, 9.17) is 12.2 Å². The summed E-state index contributed by atoms with van der Waals surface area (Å²) in [6.45, 7) is 6.62. The number of carbonyl (C=O) groups excluding carboxylic acids is 1. The number of imidazole rings is 1. The SMILES string of the molecule is CC(C)(C)N(C(=O)O)[C@@H]1C[C@H]2CN(C(=S)n3ccnc3)C[C@@]2(C(=O)N2CCc3ncc(C(F)(F)F)cc3C2)C1. The van der Waals surface area contributed by atoms with Crippen molar-refractivity contribution in [3.63, 3.8) is 0 Å². The fraction of sp³-hybridized carbons (Fsp3) is 0.577. The number of likely N-dealkylation sites (tertiary alicyclic amines) is 1. The van der Waals surface area contributed by atoms with Gasteiger partial charge in [-0.1, -0.05) is 0 Å². The molecule has 1 saturated carbocycles. The van der Waals surface area contributed by atoms with Crippen molar-refractivity contribution in [1.82, 2.24) is 29.2 Å². The number of hydrogen-bond donors (Lipinski definition) is 1. The lowest BCUT2D eigenvalue weighted by Crippen LogP contribution is -2.53. The molecule has 0 bridgehead atoms. The number of nitrogens with zero attached hydrogens (tertiary/aromatic N) is 6. The number of carbonyl (C=O) groups is 2. The van der Waals surface area contributed by atoms with E-state index in [1.165, 1.54) is 4.90 Å². The molecule has 2 aromatic heterocycles. The highest BCUT2D eigenvalue weighted by molar-refractivity contribution is 7.80. The van der Waals surface area contributed by atoms with Crippen LogP contribution in [0, 0.1) is 11.3 Å². The van der Waals surface area contributed by atoms with Gasteiger partial charge in [0.25, 0.3) is 0 Å². The zero-order chi connectivity index (χ0) is 28.3. The summed E-state index contributed by atoms with van der Waals surface area (Å²) in [6.07, 6.45) is 1.35. The average Bonchev–Trinajstić information content (AvgIpc) is 3.56. The van der Waals surface area contributed by atoms with Gasteiger partial charge in [-0.05, 0) is 63.4 Å². The Labute approximate surface area is 229 Å². The summed E-state index contributed by atoms with van der Waals surface area (Å²) in [5, 5.41) is 10.6. The number of aromatic nitrogens is 3. The Morgan fingerprint density at radius 2 is 1.97 bits per heavy atom. The van der Waals surface area contributed by atoms with Crippen molar-refractivity contribution >= 4 is 29.3 Å². The minimum atomic E-state index is -4.53. The molecule has 9 nitrogen and oxygen atoms in total. The Morgan fingerprint density at radius 1 is 1.23 bits per heavy atom. The molecule has 2 amide bonds. The van der Waals surface area contributed by atoms with Crippen LogP contribution in [0.5, 0.6) is 0 Å². The van der Waals surface area contributed by atoms with Crippen molar-refractivity contribution in [2.45, 2.75) is 64.3 Å². The second kappa shape index (κ2) is 9.46. The summed E-state index contributed by atoms with van der Waals surface area (Å²) in [4.78, 5) is 39.8. The van der Waals surface area contributed by atoms with E-state index in [-0.39, 0.29) is 24.4 Å². The second-order valence-corrected chi connectivity index (χ2v) is 12.1. The maximum Gasteiger partial charge on any atom is 0.417 e. The average molecular weight is 565 g/mol. The van der Waals surface area contributed by atoms with E-state index >= 15 is 0 Å². The first-order valence-electron chi connectivity index (χ1n) is 12.8. The van der Waals surface area contributed by atoms with Crippen LogP contribution in [-0.2, 0) is 23.9 Å². The first-order chi connectivity index (χ1) is 18.2. The van der Waals surface area contributed by atoms with Gasteiger partial charge in [-0.15, -0.1) is 0 Å². The molecule has 4 heterocycles. The van der Waals surface area contributed by atoms with Crippen LogP contribution >= 0.6 is 12.2 Å². The van der Waals surface area contributed by atoms with Crippen molar-refractivity contribution in [1.29, 1.82) is 0 Å². The van der Waals surface area contributed by atoms with Crippen molar-refractivity contribution in [3.05, 3.63) is 47.8 Å². The fourth-order valence-electron chi connectivity index (χ4n) is 6.61. The summed E-state index contributed by atoms with van der Waals surface area (Å²) in [6, 6.07) is 0.700. The van der Waals surface area contributed by atoms with Crippen LogP contribution in [0.2, 0.25) is 0 Å². The monoisotopic (exact) mass is 564 g/mol. The minimum Gasteiger partial charge on any atom is -0.465 e. The Kier molecular flexibility index (Phi) is 6.63. The van der Waals surface area contributed by atoms with E-state index in [0.29, 0.717) is 55.3 Å². The molecule has 0 unspecified atom stereocenters. The van der Waals surface area contributed by atoms with E-state index in [0.717, 1.165) is 12.3 Å². The van der Waals surface area contributed by atoms with Crippen molar-refractivity contribution in [2.75, 3.05) is 19.6 Å². The highest BCUT2D eigenvalue weighted by Crippen LogP contribution is 2.52. The summed E-state index contributed by atoms with van der Waals surface area (Å²) >= 11 is 5.69. The zero-order valence-corrected chi connectivity index (χ0v) is 22.8. The van der Waals surface area contributed by atoms with E-state index < -0.39 is 28.8 Å². The fourth-order valence-corrected chi connectivity index (χ4v) is 6.85. The first-order valence-corrected chi connectivity index (χ1v) is 13.3. The molecule has 3 atom stereocenters. The van der Waals surface area contributed by atoms with Gasteiger partial charge in [-0.3, -0.25) is 14.3 Å². The maximum absolute atomic E-state index is 14.4. The van der Waals surface area contributed by atoms with E-state index in [2.05, 4.69) is 9.97 Å². The van der Waals surface area contributed by atoms with Gasteiger partial charge in [0, 0.05) is 68.5 Å². The molecule has 2 fully saturated rings. The molecule has 3 aliphatic rings. The van der Waals surface area contributed by atoms with Gasteiger partial charge >= 0.3 is 12.3 Å². The molecule has 0 radical (unpaired) electrons. The Hall–Kier alpha value is -3.22. The van der Waals surface area contributed by atoms with Crippen LogP contribution in [0.3, 0.4) is 0 Å². The smallest absolute Gasteiger partial charge is 0.417 e. The third kappa shape index (κ3) is 4.85. The number of amides is 2. The maximum atomic E-state index is 14.4. The lowest BCUT2D eigenvalue weighted by Gasteiger charge is -2.40. The lowest BCUT2D eigenvalue weighted by atomic mass is 9.78. The molecule has 1 N–H and O–H groups in total. The molecule has 0 aromatic carbocycles. The van der Waals surface area contributed by atoms with Gasteiger partial charge in [-0.25, -0.2) is 9.78 Å². The molecule has 2 aliphatic heterocycles. The molecule has 2 aromatic rings. The van der Waals surface area contributed by atoms with Gasteiger partial charge in [0.1, 0.15) is 6.33 Å². The van der Waals surface area contributed by atoms with Gasteiger partial charge < -0.3 is 19.8 Å². The Morgan fingerprint density at radius 3 is 2.59 bits per heavy atom. The number of hydrogen-bond acceptors (Lipinski definition) is 5. The first kappa shape index (κ1) is 27.4. The van der Waals surface area contributed by atoms with Crippen molar-refractivity contribution in [3.8, 4) is 0 Å². The van der Waals surface area contributed by atoms with Gasteiger partial charge in [0.15, 0.2) is 5.11 Å². The van der Waals surface area contributed by atoms with Gasteiger partial charge in [-0.2, -0.15) is 13.2 Å². The number of halogens is 3. The van der Waals surface area contributed by atoms with Crippen LogP contribution in [0.4, 0.5) is 18.0 Å². The lowest BCUT2D eigenvalue weighted by molar-refractivity contribution is -0.144. The Balaban J connectivity index is 1.46. The number of alkyl halides is 3. The highest BCUT2D eigenvalue weighted by atomic mass is 32.1. The Bertz CT molecular complexity index is 1290. The second-order valence-electron chi connectivity index (χ2n) is 11.7. The largest absolute Gasteiger partial charge is 0.465 e. The summed E-state index contributed by atoms with van der Waals surface area (Å²) in [7, 11) is 0. The predicted molar refractivity (Wildman–Crippen MR) is 139 cm³/mol.